The Morgan fingerprint density at radius 3 is 2.89 bits per heavy atom. The number of ether oxygens (including phenoxy) is 1. The van der Waals surface area contributed by atoms with E-state index >= 15 is 0 Å². The van der Waals surface area contributed by atoms with E-state index in [1.165, 1.54) is 11.1 Å². The summed E-state index contributed by atoms with van der Waals surface area (Å²) in [6, 6.07) is 8.59. The fraction of sp³-hybridized carbons (Fsp3) is 0.533. The summed E-state index contributed by atoms with van der Waals surface area (Å²) in [5.41, 5.74) is 2.62. The lowest BCUT2D eigenvalue weighted by Crippen LogP contribution is -2.35. The molecular weight excluding hydrogens is 258 g/mol. The third-order valence-corrected chi connectivity index (χ3v) is 4.19. The molecule has 0 saturated carbocycles. The molecule has 104 valence electrons. The summed E-state index contributed by atoms with van der Waals surface area (Å²) in [6.45, 7) is 3.53. The van der Waals surface area contributed by atoms with Gasteiger partial charge in [-0.1, -0.05) is 29.8 Å². The molecule has 3 nitrogen and oxygen atoms in total. The predicted molar refractivity (Wildman–Crippen MR) is 79.3 cm³/mol. The second-order valence-electron chi connectivity index (χ2n) is 4.83. The summed E-state index contributed by atoms with van der Waals surface area (Å²) in [5, 5.41) is 2.94. The van der Waals surface area contributed by atoms with E-state index in [-0.39, 0.29) is 12.0 Å². The Morgan fingerprint density at radius 2 is 2.21 bits per heavy atom. The van der Waals surface area contributed by atoms with E-state index in [0.717, 1.165) is 37.5 Å². The molecule has 19 heavy (non-hydrogen) atoms. The number of carbonyl (C=O) groups is 1. The zero-order valence-electron chi connectivity index (χ0n) is 11.4. The van der Waals surface area contributed by atoms with E-state index in [0.29, 0.717) is 0 Å². The van der Waals surface area contributed by atoms with Crippen LogP contribution in [0, 0.1) is 6.92 Å². The number of thioether (sulfide) groups is 1. The molecule has 2 rings (SSSR count). The summed E-state index contributed by atoms with van der Waals surface area (Å²) in [5.74, 6) is 1.98. The maximum atomic E-state index is 11.7. The lowest BCUT2D eigenvalue weighted by molar-refractivity contribution is -0.129. The number of amides is 1. The van der Waals surface area contributed by atoms with Crippen molar-refractivity contribution in [1.29, 1.82) is 0 Å². The molecule has 1 aliphatic heterocycles. The fourth-order valence-electron chi connectivity index (χ4n) is 2.02. The van der Waals surface area contributed by atoms with Gasteiger partial charge in [-0.2, -0.15) is 11.8 Å². The Bertz CT molecular complexity index is 399. The first kappa shape index (κ1) is 14.4. The van der Waals surface area contributed by atoms with E-state index < -0.39 is 0 Å². The van der Waals surface area contributed by atoms with Gasteiger partial charge in [0.2, 0.25) is 5.91 Å². The molecule has 4 heteroatoms. The van der Waals surface area contributed by atoms with E-state index in [2.05, 4.69) is 36.5 Å². The van der Waals surface area contributed by atoms with Gasteiger partial charge in [0, 0.05) is 24.7 Å². The van der Waals surface area contributed by atoms with Gasteiger partial charge in [0.1, 0.15) is 6.10 Å². The molecular formula is C15H21NO2S. The molecule has 0 bridgehead atoms. The molecule has 0 aromatic heterocycles. The molecule has 1 aromatic carbocycles. The molecule has 1 amide bonds. The van der Waals surface area contributed by atoms with Gasteiger partial charge >= 0.3 is 0 Å². The van der Waals surface area contributed by atoms with Gasteiger partial charge < -0.3 is 10.1 Å². The van der Waals surface area contributed by atoms with Gasteiger partial charge in [0.25, 0.3) is 0 Å². The Kier molecular flexibility index (Phi) is 5.73. The minimum atomic E-state index is -0.206. The van der Waals surface area contributed by atoms with Crippen LogP contribution in [0.1, 0.15) is 24.0 Å². The smallest absolute Gasteiger partial charge is 0.249 e. The lowest BCUT2D eigenvalue weighted by Gasteiger charge is -2.10. The van der Waals surface area contributed by atoms with Crippen molar-refractivity contribution in [1.82, 2.24) is 5.32 Å². The van der Waals surface area contributed by atoms with Crippen LogP contribution in [0.15, 0.2) is 24.3 Å². The zero-order chi connectivity index (χ0) is 13.5. The van der Waals surface area contributed by atoms with Crippen LogP contribution in [-0.2, 0) is 15.3 Å². The maximum Gasteiger partial charge on any atom is 0.249 e. The molecule has 0 aliphatic carbocycles. The Labute approximate surface area is 119 Å². The fourth-order valence-corrected chi connectivity index (χ4v) is 2.84. The summed E-state index contributed by atoms with van der Waals surface area (Å²) in [7, 11) is 0. The first-order valence-electron chi connectivity index (χ1n) is 6.78. The molecule has 1 aromatic rings. The summed E-state index contributed by atoms with van der Waals surface area (Å²) < 4.78 is 5.33. The van der Waals surface area contributed by atoms with Crippen molar-refractivity contribution in [2.45, 2.75) is 31.6 Å². The number of aryl methyl sites for hydroxylation is 1. The van der Waals surface area contributed by atoms with Gasteiger partial charge in [-0.25, -0.2) is 0 Å². The van der Waals surface area contributed by atoms with Gasteiger partial charge in [-0.15, -0.1) is 0 Å². The number of rotatable bonds is 6. The van der Waals surface area contributed by atoms with Crippen molar-refractivity contribution in [3.05, 3.63) is 35.4 Å². The van der Waals surface area contributed by atoms with Crippen LogP contribution in [0.5, 0.6) is 0 Å². The summed E-state index contributed by atoms with van der Waals surface area (Å²) in [4.78, 5) is 11.7. The monoisotopic (exact) mass is 279 g/mol. The normalized spacial score (nSPS) is 18.5. The minimum absolute atomic E-state index is 0.0495. The second-order valence-corrected chi connectivity index (χ2v) is 5.94. The Balaban J connectivity index is 1.56. The van der Waals surface area contributed by atoms with E-state index in [1.54, 1.807) is 0 Å². The van der Waals surface area contributed by atoms with Crippen molar-refractivity contribution in [2.75, 3.05) is 18.9 Å². The number of benzene rings is 1. The summed E-state index contributed by atoms with van der Waals surface area (Å²) >= 11 is 1.84. The first-order chi connectivity index (χ1) is 9.25. The van der Waals surface area contributed by atoms with Crippen molar-refractivity contribution in [2.24, 2.45) is 0 Å². The van der Waals surface area contributed by atoms with Crippen LogP contribution in [0.3, 0.4) is 0 Å². The number of hydrogen-bond donors (Lipinski definition) is 1. The molecule has 1 fully saturated rings. The topological polar surface area (TPSA) is 38.3 Å². The standard InChI is InChI=1S/C15H21NO2S/c1-12-4-6-13(7-5-12)11-19-10-8-16-15(17)14-3-2-9-18-14/h4-7,14H,2-3,8-11H2,1H3,(H,16,17). The average Bonchev–Trinajstić information content (AvgIpc) is 2.94. The molecule has 1 N–H and O–H groups in total. The van der Waals surface area contributed by atoms with Crippen LogP contribution in [0.2, 0.25) is 0 Å². The van der Waals surface area contributed by atoms with Crippen LogP contribution < -0.4 is 5.32 Å². The highest BCUT2D eigenvalue weighted by Gasteiger charge is 2.22. The third kappa shape index (κ3) is 4.88. The highest BCUT2D eigenvalue weighted by molar-refractivity contribution is 7.98. The van der Waals surface area contributed by atoms with Gasteiger partial charge in [-0.05, 0) is 25.3 Å². The van der Waals surface area contributed by atoms with Crippen LogP contribution in [0.4, 0.5) is 0 Å². The number of hydrogen-bond acceptors (Lipinski definition) is 3. The highest BCUT2D eigenvalue weighted by Crippen LogP contribution is 2.13. The van der Waals surface area contributed by atoms with Gasteiger partial charge in [0.15, 0.2) is 0 Å². The largest absolute Gasteiger partial charge is 0.368 e. The molecule has 1 aliphatic rings. The van der Waals surface area contributed by atoms with Crippen molar-refractivity contribution in [3.63, 3.8) is 0 Å². The molecule has 1 heterocycles. The molecule has 1 unspecified atom stereocenters. The van der Waals surface area contributed by atoms with Crippen molar-refractivity contribution >= 4 is 17.7 Å². The molecule has 1 atom stereocenters. The highest BCUT2D eigenvalue weighted by atomic mass is 32.2. The van der Waals surface area contributed by atoms with Crippen LogP contribution in [0.25, 0.3) is 0 Å². The first-order valence-corrected chi connectivity index (χ1v) is 7.94. The quantitative estimate of drug-likeness (QED) is 0.813. The minimum Gasteiger partial charge on any atom is -0.368 e. The molecule has 0 spiro atoms. The van der Waals surface area contributed by atoms with E-state index in [9.17, 15) is 4.79 Å². The summed E-state index contributed by atoms with van der Waals surface area (Å²) in [6.07, 6.45) is 1.66. The van der Waals surface area contributed by atoms with Crippen molar-refractivity contribution < 1.29 is 9.53 Å². The van der Waals surface area contributed by atoms with E-state index in [1.807, 2.05) is 11.8 Å². The maximum absolute atomic E-state index is 11.7. The van der Waals surface area contributed by atoms with Crippen molar-refractivity contribution in [3.8, 4) is 0 Å². The van der Waals surface area contributed by atoms with Crippen LogP contribution in [-0.4, -0.2) is 30.9 Å². The molecule has 1 saturated heterocycles. The lowest BCUT2D eigenvalue weighted by atomic mass is 10.2. The molecule has 0 radical (unpaired) electrons. The second kappa shape index (κ2) is 7.56. The average molecular weight is 279 g/mol. The third-order valence-electron chi connectivity index (χ3n) is 3.16. The van der Waals surface area contributed by atoms with Gasteiger partial charge in [-0.3, -0.25) is 4.79 Å². The number of nitrogens with one attached hydrogen (secondary N) is 1. The van der Waals surface area contributed by atoms with Crippen LogP contribution >= 0.6 is 11.8 Å². The van der Waals surface area contributed by atoms with Gasteiger partial charge in [0.05, 0.1) is 0 Å². The Morgan fingerprint density at radius 1 is 1.42 bits per heavy atom. The predicted octanol–water partition coefficient (Wildman–Crippen LogP) is 2.52. The SMILES string of the molecule is Cc1ccc(CSCCNC(=O)C2CCCO2)cc1. The number of carbonyl (C=O) groups excluding carboxylic acids is 1. The zero-order valence-corrected chi connectivity index (χ0v) is 12.2. The Hall–Kier alpha value is -1.00. The van der Waals surface area contributed by atoms with E-state index in [4.69, 9.17) is 4.74 Å².